The molecule has 170 valence electrons. The Morgan fingerprint density at radius 1 is 0.706 bits per heavy atom. The van der Waals surface area contributed by atoms with Crippen molar-refractivity contribution in [2.45, 2.75) is 38.9 Å². The summed E-state index contributed by atoms with van der Waals surface area (Å²) >= 11 is 0. The first-order valence-corrected chi connectivity index (χ1v) is 11.7. The zero-order chi connectivity index (χ0) is 23.9. The molecule has 0 saturated carbocycles. The van der Waals surface area contributed by atoms with Gasteiger partial charge in [-0.3, -0.25) is 0 Å². The molecule has 0 aliphatic rings. The van der Waals surface area contributed by atoms with Gasteiger partial charge in [-0.1, -0.05) is 72.8 Å². The van der Waals surface area contributed by atoms with E-state index in [1.807, 2.05) is 32.0 Å². The van der Waals surface area contributed by atoms with Crippen LogP contribution < -0.4 is 5.46 Å². The third kappa shape index (κ3) is 4.04. The molecule has 0 radical (unpaired) electrons. The minimum absolute atomic E-state index is 0.383. The molecule has 0 spiro atoms. The molecular formula is C30H29BO3. The van der Waals surface area contributed by atoms with Crippen molar-refractivity contribution in [3.05, 3.63) is 91.0 Å². The maximum atomic E-state index is 10.5. The van der Waals surface area contributed by atoms with Crippen LogP contribution in [0.15, 0.2) is 95.4 Å². The van der Waals surface area contributed by atoms with E-state index in [1.165, 1.54) is 16.7 Å². The van der Waals surface area contributed by atoms with Crippen LogP contribution >= 0.6 is 0 Å². The van der Waals surface area contributed by atoms with Gasteiger partial charge >= 0.3 is 7.48 Å². The third-order valence-electron chi connectivity index (χ3n) is 6.97. The van der Waals surface area contributed by atoms with Gasteiger partial charge in [0, 0.05) is 10.8 Å². The predicted octanol–water partition coefficient (Wildman–Crippen LogP) is 6.46. The second-order valence-corrected chi connectivity index (χ2v) is 9.87. The number of fused-ring (bicyclic) bond motifs is 3. The van der Waals surface area contributed by atoms with Crippen LogP contribution in [0.5, 0.6) is 0 Å². The molecule has 0 atom stereocenters. The van der Waals surface area contributed by atoms with E-state index in [0.29, 0.717) is 7.48 Å². The molecule has 3 nitrogen and oxygen atoms in total. The molecule has 0 amide bonds. The summed E-state index contributed by atoms with van der Waals surface area (Å²) in [6.45, 7) is 7.38. The van der Waals surface area contributed by atoms with Crippen LogP contribution in [0.3, 0.4) is 0 Å². The lowest BCUT2D eigenvalue weighted by Gasteiger charge is -2.37. The number of rotatable bonds is 6. The van der Waals surface area contributed by atoms with Crippen LogP contribution in [-0.4, -0.2) is 23.8 Å². The molecular weight excluding hydrogens is 419 g/mol. The van der Waals surface area contributed by atoms with Crippen LogP contribution in [0, 0.1) is 0 Å². The number of benzene rings is 4. The average molecular weight is 448 g/mol. The molecule has 1 aromatic heterocycles. The largest absolute Gasteiger partial charge is 0.456 e. The van der Waals surface area contributed by atoms with E-state index in [-0.39, 0.29) is 0 Å². The molecule has 1 heterocycles. The summed E-state index contributed by atoms with van der Waals surface area (Å²) in [6, 6.07) is 31.4. The van der Waals surface area contributed by atoms with E-state index in [9.17, 15) is 5.11 Å². The Morgan fingerprint density at radius 3 is 2.09 bits per heavy atom. The zero-order valence-corrected chi connectivity index (χ0v) is 20.1. The van der Waals surface area contributed by atoms with Crippen molar-refractivity contribution in [1.82, 2.24) is 0 Å². The van der Waals surface area contributed by atoms with Gasteiger partial charge in [0.25, 0.3) is 0 Å². The van der Waals surface area contributed by atoms with Gasteiger partial charge in [-0.2, -0.15) is 0 Å². The molecule has 0 unspecified atom stereocenters. The number of hydrogen-bond donors (Lipinski definition) is 1. The molecule has 4 heteroatoms. The summed E-state index contributed by atoms with van der Waals surface area (Å²) in [5.41, 5.74) is 5.79. The van der Waals surface area contributed by atoms with Crippen molar-refractivity contribution in [3.63, 3.8) is 0 Å². The first kappa shape index (κ1) is 22.5. The van der Waals surface area contributed by atoms with Crippen LogP contribution in [0.2, 0.25) is 0 Å². The van der Waals surface area contributed by atoms with Crippen molar-refractivity contribution >= 4 is 34.9 Å². The Bertz CT molecular complexity index is 1460. The fourth-order valence-electron chi connectivity index (χ4n) is 4.23. The van der Waals surface area contributed by atoms with Crippen molar-refractivity contribution in [2.24, 2.45) is 0 Å². The second-order valence-electron chi connectivity index (χ2n) is 9.87. The Hall–Kier alpha value is -3.34. The van der Waals surface area contributed by atoms with Crippen LogP contribution in [-0.2, 0) is 4.65 Å². The lowest BCUT2D eigenvalue weighted by Crippen LogP contribution is -2.49. The first-order valence-electron chi connectivity index (χ1n) is 11.7. The maximum absolute atomic E-state index is 10.5. The minimum atomic E-state index is -0.965. The summed E-state index contributed by atoms with van der Waals surface area (Å²) in [5, 5.41) is 12.6. The Morgan fingerprint density at radius 2 is 1.38 bits per heavy atom. The zero-order valence-electron chi connectivity index (χ0n) is 20.1. The molecule has 0 aliphatic carbocycles. The molecule has 5 rings (SSSR count). The van der Waals surface area contributed by atoms with Gasteiger partial charge in [-0.15, -0.1) is 0 Å². The monoisotopic (exact) mass is 448 g/mol. The molecule has 0 fully saturated rings. The van der Waals surface area contributed by atoms with Crippen molar-refractivity contribution in [3.8, 4) is 22.3 Å². The normalized spacial score (nSPS) is 12.4. The lowest BCUT2D eigenvalue weighted by molar-refractivity contribution is -0.0893. The highest BCUT2D eigenvalue weighted by molar-refractivity contribution is 6.52. The van der Waals surface area contributed by atoms with Gasteiger partial charge in [-0.05, 0) is 73.6 Å². The molecule has 5 aromatic rings. The van der Waals surface area contributed by atoms with Crippen LogP contribution in [0.25, 0.3) is 44.2 Å². The van der Waals surface area contributed by atoms with Crippen molar-refractivity contribution in [2.75, 3.05) is 0 Å². The van der Waals surface area contributed by atoms with E-state index >= 15 is 0 Å². The number of furan rings is 1. The molecule has 4 aromatic carbocycles. The molecule has 0 aliphatic heterocycles. The smallest absolute Gasteiger partial charge is 0.310 e. The first-order chi connectivity index (χ1) is 16.2. The summed E-state index contributed by atoms with van der Waals surface area (Å²) < 4.78 is 12.4. The third-order valence-corrected chi connectivity index (χ3v) is 6.97. The lowest BCUT2D eigenvalue weighted by atomic mass is 9.80. The summed E-state index contributed by atoms with van der Waals surface area (Å²) in [4.78, 5) is 0. The fraction of sp³-hybridized carbons (Fsp3) is 0.200. The highest BCUT2D eigenvalue weighted by Crippen LogP contribution is 2.36. The van der Waals surface area contributed by atoms with Gasteiger partial charge in [0.15, 0.2) is 0 Å². The summed E-state index contributed by atoms with van der Waals surface area (Å²) in [6.07, 6.45) is 0. The highest BCUT2D eigenvalue weighted by Gasteiger charge is 2.35. The summed E-state index contributed by atoms with van der Waals surface area (Å²) in [5.74, 6) is 0. The molecule has 1 N–H and O–H groups in total. The second kappa shape index (κ2) is 8.46. The maximum Gasteiger partial charge on any atom is 0.310 e. The average Bonchev–Trinajstić information content (AvgIpc) is 3.21. The molecule has 34 heavy (non-hydrogen) atoms. The Kier molecular flexibility index (Phi) is 5.59. The van der Waals surface area contributed by atoms with Crippen molar-refractivity contribution in [1.29, 1.82) is 0 Å². The standard InChI is InChI=1S/C30H29BO3/c1-29(2,32)30(3,4)34-31-25-15-10-16-27-28(25)24-19-21(17-18-26(24)33-27)23-14-9-8-13-22(23)20-11-6-5-7-12-20/h5-19,31-32H,1-4H3. The molecule has 0 saturated heterocycles. The van der Waals surface area contributed by atoms with Gasteiger partial charge in [-0.25, -0.2) is 0 Å². The quantitative estimate of drug-likeness (QED) is 0.303. The number of hydrogen-bond acceptors (Lipinski definition) is 3. The van der Waals surface area contributed by atoms with Crippen molar-refractivity contribution < 1.29 is 14.2 Å². The van der Waals surface area contributed by atoms with Gasteiger partial charge in [0.2, 0.25) is 0 Å². The highest BCUT2D eigenvalue weighted by atomic mass is 16.5. The van der Waals surface area contributed by atoms with Gasteiger partial charge in [0.05, 0.1) is 11.2 Å². The Balaban J connectivity index is 1.62. The summed E-state index contributed by atoms with van der Waals surface area (Å²) in [7, 11) is 0.383. The van der Waals surface area contributed by atoms with E-state index in [2.05, 4.69) is 72.8 Å². The van der Waals surface area contributed by atoms with E-state index in [0.717, 1.165) is 33.0 Å². The topological polar surface area (TPSA) is 42.6 Å². The SMILES string of the molecule is CC(C)(O)C(C)(C)OBc1cccc2oc3ccc(-c4ccccc4-c4ccccc4)cc3c12. The van der Waals surface area contributed by atoms with E-state index in [1.54, 1.807) is 13.8 Å². The minimum Gasteiger partial charge on any atom is -0.456 e. The van der Waals surface area contributed by atoms with Crippen LogP contribution in [0.1, 0.15) is 27.7 Å². The van der Waals surface area contributed by atoms with Gasteiger partial charge < -0.3 is 14.2 Å². The molecule has 0 bridgehead atoms. The van der Waals surface area contributed by atoms with Crippen LogP contribution in [0.4, 0.5) is 0 Å². The Labute approximate surface area is 201 Å². The number of aliphatic hydroxyl groups is 1. The van der Waals surface area contributed by atoms with E-state index in [4.69, 9.17) is 9.07 Å². The predicted molar refractivity (Wildman–Crippen MR) is 143 cm³/mol. The van der Waals surface area contributed by atoms with E-state index < -0.39 is 11.2 Å². The van der Waals surface area contributed by atoms with Gasteiger partial charge in [0.1, 0.15) is 11.2 Å². The fourth-order valence-corrected chi connectivity index (χ4v) is 4.23.